The summed E-state index contributed by atoms with van der Waals surface area (Å²) >= 11 is 0. The first-order valence-corrected chi connectivity index (χ1v) is 12.2. The highest BCUT2D eigenvalue weighted by molar-refractivity contribution is 5.98. The molecule has 1 saturated heterocycles. The van der Waals surface area contributed by atoms with Gasteiger partial charge in [0, 0.05) is 47.8 Å². The predicted molar refractivity (Wildman–Crippen MR) is 140 cm³/mol. The van der Waals surface area contributed by atoms with Crippen LogP contribution in [0.4, 0.5) is 0 Å². The number of aromatic nitrogens is 7. The van der Waals surface area contributed by atoms with Crippen LogP contribution >= 0.6 is 0 Å². The minimum absolute atomic E-state index is 0.762. The van der Waals surface area contributed by atoms with Crippen molar-refractivity contribution in [1.82, 2.24) is 40.0 Å². The van der Waals surface area contributed by atoms with Crippen LogP contribution in [0.2, 0.25) is 0 Å². The molecule has 2 N–H and O–H groups in total. The summed E-state index contributed by atoms with van der Waals surface area (Å²) in [5.41, 5.74) is 9.14. The van der Waals surface area contributed by atoms with Crippen LogP contribution in [0.15, 0.2) is 73.3 Å². The fourth-order valence-corrected chi connectivity index (χ4v) is 5.06. The molecular weight excluding hydrogens is 448 g/mol. The van der Waals surface area contributed by atoms with Crippen LogP contribution in [0.3, 0.4) is 0 Å². The van der Waals surface area contributed by atoms with Gasteiger partial charge in [0.2, 0.25) is 0 Å². The number of H-pyrrole nitrogens is 2. The SMILES string of the molecule is c1ccc(-c2ccnc3[nH]c(-c4n[nH]c5ccc(-c6cncc(CN7CCCC7)c6)nc45)cc23)nc1. The molecule has 8 nitrogen and oxygen atoms in total. The predicted octanol–water partition coefficient (Wildman–Crippen LogP) is 5.22. The van der Waals surface area contributed by atoms with E-state index in [-0.39, 0.29) is 0 Å². The second kappa shape index (κ2) is 8.66. The van der Waals surface area contributed by atoms with Crippen molar-refractivity contribution >= 4 is 22.1 Å². The average molecular weight is 473 g/mol. The van der Waals surface area contributed by atoms with Gasteiger partial charge in [0.15, 0.2) is 0 Å². The lowest BCUT2D eigenvalue weighted by Crippen LogP contribution is -2.18. The van der Waals surface area contributed by atoms with Crippen LogP contribution < -0.4 is 0 Å². The Labute approximate surface area is 207 Å². The third-order valence-corrected chi connectivity index (χ3v) is 6.83. The van der Waals surface area contributed by atoms with Crippen LogP contribution in [-0.2, 0) is 6.54 Å². The molecule has 176 valence electrons. The molecule has 6 aromatic rings. The van der Waals surface area contributed by atoms with Crippen molar-refractivity contribution in [3.63, 3.8) is 0 Å². The summed E-state index contributed by atoms with van der Waals surface area (Å²) in [5, 5.41) is 8.73. The standard InChI is InChI=1S/C28H24N8/c1-2-9-30-23(5-1)20-8-10-31-28-21(20)14-25(33-28)27-26-24(34-35-27)7-6-22(32-26)19-13-18(15-29-16-19)17-36-11-3-4-12-36/h1-2,5-10,13-16H,3-4,11-12,17H2,(H,31,33)(H,34,35). The Morgan fingerprint density at radius 1 is 0.889 bits per heavy atom. The number of nitrogens with zero attached hydrogens (tertiary/aromatic N) is 6. The Hall–Kier alpha value is -4.43. The molecule has 0 bridgehead atoms. The summed E-state index contributed by atoms with van der Waals surface area (Å²) in [6.07, 6.45) is 10.0. The third kappa shape index (κ3) is 3.72. The Morgan fingerprint density at radius 3 is 2.72 bits per heavy atom. The lowest BCUT2D eigenvalue weighted by molar-refractivity contribution is 0.331. The largest absolute Gasteiger partial charge is 0.338 e. The minimum atomic E-state index is 0.762. The van der Waals surface area contributed by atoms with E-state index in [0.29, 0.717) is 0 Å². The van der Waals surface area contributed by atoms with Gasteiger partial charge in [0.05, 0.1) is 22.6 Å². The topological polar surface area (TPSA) is 99.3 Å². The maximum absolute atomic E-state index is 5.01. The van der Waals surface area contributed by atoms with Gasteiger partial charge in [-0.2, -0.15) is 5.10 Å². The zero-order chi connectivity index (χ0) is 23.9. The maximum Gasteiger partial charge on any atom is 0.138 e. The molecule has 1 fully saturated rings. The van der Waals surface area contributed by atoms with E-state index in [1.165, 1.54) is 18.4 Å². The molecule has 0 aliphatic carbocycles. The van der Waals surface area contributed by atoms with Gasteiger partial charge < -0.3 is 4.98 Å². The molecule has 0 amide bonds. The van der Waals surface area contributed by atoms with Crippen molar-refractivity contribution < 1.29 is 0 Å². The van der Waals surface area contributed by atoms with Crippen molar-refractivity contribution in [2.45, 2.75) is 19.4 Å². The first kappa shape index (κ1) is 20.9. The average Bonchev–Trinajstić information content (AvgIpc) is 3.68. The number of hydrogen-bond acceptors (Lipinski definition) is 6. The number of nitrogens with one attached hydrogen (secondary N) is 2. The van der Waals surface area contributed by atoms with Gasteiger partial charge in [0.25, 0.3) is 0 Å². The number of rotatable bonds is 5. The molecule has 0 spiro atoms. The molecule has 8 heteroatoms. The van der Waals surface area contributed by atoms with Gasteiger partial charge in [-0.3, -0.25) is 20.0 Å². The van der Waals surface area contributed by atoms with Crippen LogP contribution in [0.25, 0.3) is 56.0 Å². The highest BCUT2D eigenvalue weighted by Crippen LogP contribution is 2.32. The molecule has 7 rings (SSSR count). The van der Waals surface area contributed by atoms with Crippen molar-refractivity contribution in [3.05, 3.63) is 78.9 Å². The normalized spacial score (nSPS) is 14.2. The molecule has 36 heavy (non-hydrogen) atoms. The first-order chi connectivity index (χ1) is 17.8. The van der Waals surface area contributed by atoms with E-state index >= 15 is 0 Å². The van der Waals surface area contributed by atoms with Crippen LogP contribution in [0.5, 0.6) is 0 Å². The monoisotopic (exact) mass is 472 g/mol. The van der Waals surface area contributed by atoms with E-state index in [0.717, 1.165) is 75.6 Å². The van der Waals surface area contributed by atoms with Crippen molar-refractivity contribution in [1.29, 1.82) is 0 Å². The minimum Gasteiger partial charge on any atom is -0.338 e. The first-order valence-electron chi connectivity index (χ1n) is 12.2. The molecule has 7 heterocycles. The van der Waals surface area contributed by atoms with Gasteiger partial charge in [-0.1, -0.05) is 6.07 Å². The summed E-state index contributed by atoms with van der Waals surface area (Å²) in [6.45, 7) is 3.25. The Bertz CT molecular complexity index is 1680. The van der Waals surface area contributed by atoms with Gasteiger partial charge >= 0.3 is 0 Å². The number of pyridine rings is 4. The summed E-state index contributed by atoms with van der Waals surface area (Å²) in [5.74, 6) is 0. The number of fused-ring (bicyclic) bond motifs is 2. The third-order valence-electron chi connectivity index (χ3n) is 6.83. The van der Waals surface area contributed by atoms with Crippen LogP contribution in [0.1, 0.15) is 18.4 Å². The molecule has 6 aromatic heterocycles. The summed E-state index contributed by atoms with van der Waals surface area (Å²) in [6, 6.07) is 16.2. The molecule has 0 radical (unpaired) electrons. The molecule has 1 aliphatic rings. The second-order valence-electron chi connectivity index (χ2n) is 9.25. The van der Waals surface area contributed by atoms with Crippen molar-refractivity contribution in [3.8, 4) is 33.9 Å². The highest BCUT2D eigenvalue weighted by Gasteiger charge is 2.17. The van der Waals surface area contributed by atoms with E-state index < -0.39 is 0 Å². The molecular formula is C28H24N8. The van der Waals surface area contributed by atoms with Crippen LogP contribution in [0, 0.1) is 0 Å². The molecule has 0 saturated carbocycles. The van der Waals surface area contributed by atoms with Gasteiger partial charge in [-0.25, -0.2) is 9.97 Å². The second-order valence-corrected chi connectivity index (χ2v) is 9.25. The van der Waals surface area contributed by atoms with Crippen molar-refractivity contribution in [2.75, 3.05) is 13.1 Å². The molecule has 0 unspecified atom stereocenters. The Morgan fingerprint density at radius 2 is 1.83 bits per heavy atom. The summed E-state index contributed by atoms with van der Waals surface area (Å²) in [4.78, 5) is 24.5. The molecule has 0 atom stereocenters. The number of aromatic amines is 2. The van der Waals surface area contributed by atoms with Crippen molar-refractivity contribution in [2.24, 2.45) is 0 Å². The Balaban J connectivity index is 1.28. The quantitative estimate of drug-likeness (QED) is 0.357. The zero-order valence-corrected chi connectivity index (χ0v) is 19.6. The fourth-order valence-electron chi connectivity index (χ4n) is 5.06. The van der Waals surface area contributed by atoms with E-state index in [9.17, 15) is 0 Å². The highest BCUT2D eigenvalue weighted by atomic mass is 15.1. The number of likely N-dealkylation sites (tertiary alicyclic amines) is 1. The van der Waals surface area contributed by atoms with E-state index in [1.807, 2.05) is 48.8 Å². The fraction of sp³-hybridized carbons (Fsp3) is 0.179. The smallest absolute Gasteiger partial charge is 0.138 e. The van der Waals surface area contributed by atoms with E-state index in [4.69, 9.17) is 4.98 Å². The molecule has 1 aliphatic heterocycles. The lowest BCUT2D eigenvalue weighted by Gasteiger charge is -2.14. The lowest BCUT2D eigenvalue weighted by atomic mass is 10.1. The maximum atomic E-state index is 5.01. The summed E-state index contributed by atoms with van der Waals surface area (Å²) < 4.78 is 0. The van der Waals surface area contributed by atoms with Gasteiger partial charge in [-0.05, 0) is 74.0 Å². The Kier molecular flexibility index (Phi) is 5.03. The van der Waals surface area contributed by atoms with E-state index in [2.05, 4.69) is 47.2 Å². The van der Waals surface area contributed by atoms with Crippen LogP contribution in [-0.4, -0.2) is 53.1 Å². The van der Waals surface area contributed by atoms with Gasteiger partial charge in [0.1, 0.15) is 16.9 Å². The molecule has 0 aromatic carbocycles. The zero-order valence-electron chi connectivity index (χ0n) is 19.6. The number of hydrogen-bond donors (Lipinski definition) is 2. The van der Waals surface area contributed by atoms with Gasteiger partial charge in [-0.15, -0.1) is 0 Å². The van der Waals surface area contributed by atoms with E-state index in [1.54, 1.807) is 12.4 Å². The summed E-state index contributed by atoms with van der Waals surface area (Å²) in [7, 11) is 0.